The van der Waals surface area contributed by atoms with Crippen molar-refractivity contribution in [2.75, 3.05) is 38.0 Å². The van der Waals surface area contributed by atoms with E-state index in [9.17, 15) is 0 Å². The average Bonchev–Trinajstić information content (AvgIpc) is 2.91. The van der Waals surface area contributed by atoms with Crippen molar-refractivity contribution in [3.63, 3.8) is 0 Å². The SMILES string of the molecule is Cc1cc(N=Nc2ccc(N(C)C)cc2)ccc1N=Nc1ccc(N=Nc2ccc(N(C)C)cc2)cc1. The van der Waals surface area contributed by atoms with Crippen molar-refractivity contribution in [3.05, 3.63) is 96.6 Å². The molecule has 0 fully saturated rings. The molecule has 4 aromatic carbocycles. The maximum atomic E-state index is 4.40. The van der Waals surface area contributed by atoms with Gasteiger partial charge in [-0.15, -0.1) is 0 Å². The van der Waals surface area contributed by atoms with Gasteiger partial charge in [0.05, 0.1) is 34.1 Å². The van der Waals surface area contributed by atoms with Crippen LogP contribution in [0.1, 0.15) is 5.56 Å². The number of rotatable bonds is 8. The van der Waals surface area contributed by atoms with Crippen molar-refractivity contribution >= 4 is 45.5 Å². The summed E-state index contributed by atoms with van der Waals surface area (Å²) in [6.45, 7) is 1.98. The lowest BCUT2D eigenvalue weighted by atomic mass is 10.2. The third-order valence-corrected chi connectivity index (χ3v) is 5.60. The van der Waals surface area contributed by atoms with Gasteiger partial charge in [-0.1, -0.05) is 0 Å². The first kappa shape index (κ1) is 25.4. The Morgan fingerprint density at radius 3 is 1.11 bits per heavy atom. The zero-order valence-corrected chi connectivity index (χ0v) is 21.7. The minimum atomic E-state index is 0.735. The Bertz CT molecular complexity index is 1400. The van der Waals surface area contributed by atoms with Gasteiger partial charge in [0, 0.05) is 39.6 Å². The summed E-state index contributed by atoms with van der Waals surface area (Å²) in [5.74, 6) is 0. The second kappa shape index (κ2) is 11.8. The number of azo groups is 3. The fraction of sp³-hybridized carbons (Fsp3) is 0.172. The van der Waals surface area contributed by atoms with Gasteiger partial charge in [-0.3, -0.25) is 0 Å². The van der Waals surface area contributed by atoms with E-state index in [1.807, 2.05) is 136 Å². The molecule has 186 valence electrons. The van der Waals surface area contributed by atoms with Crippen LogP contribution in [0.25, 0.3) is 0 Å². The first-order valence-corrected chi connectivity index (χ1v) is 11.9. The van der Waals surface area contributed by atoms with Crippen LogP contribution in [0.4, 0.5) is 45.5 Å². The Labute approximate surface area is 217 Å². The third kappa shape index (κ3) is 7.14. The Morgan fingerprint density at radius 1 is 0.405 bits per heavy atom. The average molecular weight is 491 g/mol. The van der Waals surface area contributed by atoms with E-state index < -0.39 is 0 Å². The van der Waals surface area contributed by atoms with E-state index in [1.165, 1.54) is 0 Å². The molecule has 0 bridgehead atoms. The minimum absolute atomic E-state index is 0.735. The number of nitrogens with zero attached hydrogens (tertiary/aromatic N) is 8. The quantitative estimate of drug-likeness (QED) is 0.231. The lowest BCUT2D eigenvalue weighted by Gasteiger charge is -2.11. The maximum absolute atomic E-state index is 4.40. The Hall–Kier alpha value is -4.72. The summed E-state index contributed by atoms with van der Waals surface area (Å²) in [6, 6.07) is 29.0. The van der Waals surface area contributed by atoms with Gasteiger partial charge in [-0.2, -0.15) is 30.7 Å². The normalized spacial score (nSPS) is 11.6. The molecule has 37 heavy (non-hydrogen) atoms. The van der Waals surface area contributed by atoms with Crippen LogP contribution in [-0.2, 0) is 0 Å². The number of aryl methyl sites for hydroxylation is 1. The molecular formula is C29H30N8. The van der Waals surface area contributed by atoms with Gasteiger partial charge >= 0.3 is 0 Å². The lowest BCUT2D eigenvalue weighted by molar-refractivity contribution is 1.13. The van der Waals surface area contributed by atoms with E-state index in [4.69, 9.17) is 0 Å². The van der Waals surface area contributed by atoms with E-state index in [-0.39, 0.29) is 0 Å². The topological polar surface area (TPSA) is 80.6 Å². The van der Waals surface area contributed by atoms with Crippen molar-refractivity contribution in [2.24, 2.45) is 30.7 Å². The van der Waals surface area contributed by atoms with Crippen molar-refractivity contribution in [2.45, 2.75) is 6.92 Å². The van der Waals surface area contributed by atoms with E-state index in [1.54, 1.807) is 0 Å². The van der Waals surface area contributed by atoms with E-state index in [0.29, 0.717) is 0 Å². The first-order chi connectivity index (χ1) is 17.9. The standard InChI is InChI=1S/C29H30N8/c1-21-20-26(34-32-25-12-17-28(18-13-25)37(4)5)14-19-29(21)35-33-23-8-6-22(7-9-23)30-31-24-10-15-27(16-11-24)36(2)3/h6-20H,1-5H3. The molecule has 0 saturated carbocycles. The molecular weight excluding hydrogens is 460 g/mol. The van der Waals surface area contributed by atoms with Crippen molar-refractivity contribution in [1.82, 2.24) is 0 Å². The van der Waals surface area contributed by atoms with Gasteiger partial charge in [0.2, 0.25) is 0 Å². The van der Waals surface area contributed by atoms with Gasteiger partial charge in [-0.05, 0) is 103 Å². The minimum Gasteiger partial charge on any atom is -0.378 e. The van der Waals surface area contributed by atoms with Crippen LogP contribution in [-0.4, -0.2) is 28.2 Å². The fourth-order valence-electron chi connectivity index (χ4n) is 3.38. The molecule has 0 spiro atoms. The molecule has 4 rings (SSSR count). The highest BCUT2D eigenvalue weighted by Gasteiger charge is 2.01. The summed E-state index contributed by atoms with van der Waals surface area (Å²) >= 11 is 0. The molecule has 4 aromatic rings. The van der Waals surface area contributed by atoms with E-state index >= 15 is 0 Å². The predicted octanol–water partition coefficient (Wildman–Crippen LogP) is 9.37. The van der Waals surface area contributed by atoms with Crippen molar-refractivity contribution in [1.29, 1.82) is 0 Å². The Balaban J connectivity index is 1.37. The largest absolute Gasteiger partial charge is 0.378 e. The Morgan fingerprint density at radius 2 is 0.730 bits per heavy atom. The van der Waals surface area contributed by atoms with Gasteiger partial charge in [0.25, 0.3) is 0 Å². The number of hydrogen-bond donors (Lipinski definition) is 0. The number of benzene rings is 4. The molecule has 0 unspecified atom stereocenters. The Kier molecular flexibility index (Phi) is 8.10. The van der Waals surface area contributed by atoms with Gasteiger partial charge in [0.1, 0.15) is 0 Å². The summed E-state index contributed by atoms with van der Waals surface area (Å²) in [5.41, 5.74) is 7.83. The number of hydrogen-bond acceptors (Lipinski definition) is 8. The molecule has 0 aliphatic carbocycles. The van der Waals surface area contributed by atoms with Crippen LogP contribution >= 0.6 is 0 Å². The highest BCUT2D eigenvalue weighted by Crippen LogP contribution is 2.29. The molecule has 0 radical (unpaired) electrons. The number of anilines is 2. The van der Waals surface area contributed by atoms with E-state index in [2.05, 4.69) is 30.7 Å². The summed E-state index contributed by atoms with van der Waals surface area (Å²) in [6.07, 6.45) is 0. The van der Waals surface area contributed by atoms with Crippen LogP contribution in [0.5, 0.6) is 0 Å². The molecule has 0 N–H and O–H groups in total. The highest BCUT2D eigenvalue weighted by atomic mass is 15.1. The van der Waals surface area contributed by atoms with Crippen LogP contribution in [0.15, 0.2) is 122 Å². The fourth-order valence-corrected chi connectivity index (χ4v) is 3.38. The molecule has 0 amide bonds. The third-order valence-electron chi connectivity index (χ3n) is 5.60. The summed E-state index contributed by atoms with van der Waals surface area (Å²) in [4.78, 5) is 4.09. The monoisotopic (exact) mass is 490 g/mol. The summed E-state index contributed by atoms with van der Waals surface area (Å²) in [7, 11) is 8.03. The van der Waals surface area contributed by atoms with Crippen molar-refractivity contribution in [3.8, 4) is 0 Å². The molecule has 0 atom stereocenters. The van der Waals surface area contributed by atoms with Crippen LogP contribution in [0.2, 0.25) is 0 Å². The first-order valence-electron chi connectivity index (χ1n) is 11.9. The predicted molar refractivity (Wildman–Crippen MR) is 152 cm³/mol. The van der Waals surface area contributed by atoms with Crippen LogP contribution in [0, 0.1) is 6.92 Å². The summed E-state index contributed by atoms with van der Waals surface area (Å²) < 4.78 is 0. The molecule has 8 nitrogen and oxygen atoms in total. The van der Waals surface area contributed by atoms with Crippen LogP contribution < -0.4 is 9.80 Å². The molecule has 0 heterocycles. The zero-order chi connectivity index (χ0) is 26.2. The summed E-state index contributed by atoms with van der Waals surface area (Å²) in [5, 5.41) is 26.0. The molecule has 0 aliphatic heterocycles. The second-order valence-electron chi connectivity index (χ2n) is 8.91. The maximum Gasteiger partial charge on any atom is 0.0887 e. The van der Waals surface area contributed by atoms with Gasteiger partial charge in [-0.25, -0.2) is 0 Å². The van der Waals surface area contributed by atoms with Gasteiger partial charge < -0.3 is 9.80 Å². The highest BCUT2D eigenvalue weighted by molar-refractivity contribution is 5.56. The molecule has 0 saturated heterocycles. The van der Waals surface area contributed by atoms with Crippen LogP contribution in [0.3, 0.4) is 0 Å². The lowest BCUT2D eigenvalue weighted by Crippen LogP contribution is -2.07. The smallest absolute Gasteiger partial charge is 0.0887 e. The molecule has 0 aliphatic rings. The second-order valence-corrected chi connectivity index (χ2v) is 8.91. The van der Waals surface area contributed by atoms with Crippen molar-refractivity contribution < 1.29 is 0 Å². The van der Waals surface area contributed by atoms with Gasteiger partial charge in [0.15, 0.2) is 0 Å². The molecule has 8 heteroatoms. The molecule has 0 aromatic heterocycles. The van der Waals surface area contributed by atoms with E-state index in [0.717, 1.165) is 51.1 Å². The zero-order valence-electron chi connectivity index (χ0n) is 21.7.